The van der Waals surface area contributed by atoms with Crippen molar-refractivity contribution in [1.82, 2.24) is 24.4 Å². The minimum Gasteiger partial charge on any atom is -0.478 e. The van der Waals surface area contributed by atoms with Gasteiger partial charge in [-0.25, -0.2) is 9.78 Å². The van der Waals surface area contributed by atoms with Gasteiger partial charge in [0.2, 0.25) is 0 Å². The number of pyridine rings is 1. The molecule has 5 aromatic rings. The van der Waals surface area contributed by atoms with Crippen LogP contribution in [-0.4, -0.2) is 36.1 Å². The minimum atomic E-state index is -0.941. The second kappa shape index (κ2) is 10.8. The molecule has 0 aliphatic heterocycles. The first-order valence-electron chi connectivity index (χ1n) is 15.5. The number of rotatable bonds is 7. The summed E-state index contributed by atoms with van der Waals surface area (Å²) in [6, 6.07) is 16.0. The first-order valence-corrected chi connectivity index (χ1v) is 15.5. The molecule has 44 heavy (non-hydrogen) atoms. The van der Waals surface area contributed by atoms with Gasteiger partial charge < -0.3 is 19.6 Å². The number of aromatic nitrogens is 4. The number of carbonyl (C=O) groups excluding carboxylic acids is 1. The summed E-state index contributed by atoms with van der Waals surface area (Å²) in [5.41, 5.74) is 7.60. The molecular formula is C36H37N5O3. The summed E-state index contributed by atoms with van der Waals surface area (Å²) >= 11 is 0. The molecular weight excluding hydrogens is 550 g/mol. The SMILES string of the molecule is CC(=Cc1ccc2nc(C3(NC(=O)c4ccc5c(C6CCCC6)c(-c6cccnc6)n(C)c5c4)CCC3)n(C)c2c1)C(=O)O. The van der Waals surface area contributed by atoms with E-state index in [2.05, 4.69) is 34.0 Å². The Hall–Kier alpha value is -4.72. The normalized spacial score (nSPS) is 16.8. The second-order valence-electron chi connectivity index (χ2n) is 12.5. The third-order valence-electron chi connectivity index (χ3n) is 9.81. The zero-order valence-corrected chi connectivity index (χ0v) is 25.4. The Morgan fingerprint density at radius 1 is 1.00 bits per heavy atom. The zero-order chi connectivity index (χ0) is 30.6. The van der Waals surface area contributed by atoms with Crippen molar-refractivity contribution in [2.24, 2.45) is 14.1 Å². The summed E-state index contributed by atoms with van der Waals surface area (Å²) in [7, 11) is 4.06. The van der Waals surface area contributed by atoms with Crippen molar-refractivity contribution in [1.29, 1.82) is 0 Å². The van der Waals surface area contributed by atoms with Crippen LogP contribution in [0.3, 0.4) is 0 Å². The fourth-order valence-electron chi connectivity index (χ4n) is 7.35. The third-order valence-corrected chi connectivity index (χ3v) is 9.81. The lowest BCUT2D eigenvalue weighted by molar-refractivity contribution is -0.132. The van der Waals surface area contributed by atoms with Crippen LogP contribution < -0.4 is 5.32 Å². The highest BCUT2D eigenvalue weighted by Gasteiger charge is 2.44. The molecule has 2 N–H and O–H groups in total. The topological polar surface area (TPSA) is 102 Å². The number of amides is 1. The molecule has 1 amide bonds. The monoisotopic (exact) mass is 587 g/mol. The molecule has 2 aliphatic carbocycles. The number of carbonyl (C=O) groups is 2. The highest BCUT2D eigenvalue weighted by Crippen LogP contribution is 2.45. The number of imidazole rings is 1. The van der Waals surface area contributed by atoms with Crippen molar-refractivity contribution in [3.63, 3.8) is 0 Å². The van der Waals surface area contributed by atoms with Crippen LogP contribution in [0, 0.1) is 0 Å². The van der Waals surface area contributed by atoms with Gasteiger partial charge in [0.1, 0.15) is 5.82 Å². The molecule has 3 heterocycles. The van der Waals surface area contributed by atoms with E-state index in [-0.39, 0.29) is 11.5 Å². The molecule has 0 bridgehead atoms. The van der Waals surface area contributed by atoms with Gasteiger partial charge in [0.25, 0.3) is 5.91 Å². The molecule has 2 aromatic carbocycles. The molecule has 3 aromatic heterocycles. The van der Waals surface area contributed by atoms with E-state index in [1.54, 1.807) is 19.2 Å². The van der Waals surface area contributed by atoms with E-state index in [9.17, 15) is 14.7 Å². The molecule has 7 rings (SSSR count). The fourth-order valence-corrected chi connectivity index (χ4v) is 7.35. The highest BCUT2D eigenvalue weighted by atomic mass is 16.4. The first kappa shape index (κ1) is 28.1. The molecule has 2 fully saturated rings. The Kier molecular flexibility index (Phi) is 6.87. The molecule has 2 saturated carbocycles. The van der Waals surface area contributed by atoms with Crippen molar-refractivity contribution in [3.05, 3.63) is 89.0 Å². The van der Waals surface area contributed by atoms with E-state index in [1.165, 1.54) is 42.3 Å². The van der Waals surface area contributed by atoms with E-state index in [0.29, 0.717) is 11.5 Å². The van der Waals surface area contributed by atoms with Crippen molar-refractivity contribution in [2.75, 3.05) is 0 Å². The quantitative estimate of drug-likeness (QED) is 0.198. The number of aryl methyl sites for hydroxylation is 2. The van der Waals surface area contributed by atoms with Crippen molar-refractivity contribution >= 4 is 39.9 Å². The first-order chi connectivity index (χ1) is 21.3. The van der Waals surface area contributed by atoms with Gasteiger partial charge in [-0.05, 0) is 98.5 Å². The smallest absolute Gasteiger partial charge is 0.331 e. The van der Waals surface area contributed by atoms with E-state index in [1.807, 2.05) is 54.2 Å². The number of nitrogens with zero attached hydrogens (tertiary/aromatic N) is 4. The van der Waals surface area contributed by atoms with Gasteiger partial charge in [-0.3, -0.25) is 9.78 Å². The lowest BCUT2D eigenvalue weighted by atomic mass is 9.75. The van der Waals surface area contributed by atoms with Crippen molar-refractivity contribution in [3.8, 4) is 11.3 Å². The summed E-state index contributed by atoms with van der Waals surface area (Å²) in [6.07, 6.45) is 12.9. The molecule has 8 nitrogen and oxygen atoms in total. The lowest BCUT2D eigenvalue weighted by Gasteiger charge is -2.41. The maximum absolute atomic E-state index is 13.9. The molecule has 0 unspecified atom stereocenters. The number of carboxylic acid groups (broad SMARTS) is 1. The Labute approximate surface area is 256 Å². The predicted molar refractivity (Wildman–Crippen MR) is 172 cm³/mol. The number of aliphatic carboxylic acids is 1. The molecule has 0 spiro atoms. The summed E-state index contributed by atoms with van der Waals surface area (Å²) in [4.78, 5) is 34.6. The van der Waals surface area contributed by atoms with E-state index in [0.717, 1.165) is 52.8 Å². The second-order valence-corrected chi connectivity index (χ2v) is 12.5. The van der Waals surface area contributed by atoms with Gasteiger partial charge >= 0.3 is 5.97 Å². The Morgan fingerprint density at radius 3 is 2.48 bits per heavy atom. The average Bonchev–Trinajstić information content (AvgIpc) is 3.72. The highest BCUT2D eigenvalue weighted by molar-refractivity contribution is 6.01. The minimum absolute atomic E-state index is 0.106. The Morgan fingerprint density at radius 2 is 1.80 bits per heavy atom. The van der Waals surface area contributed by atoms with Gasteiger partial charge in [-0.1, -0.05) is 25.0 Å². The average molecular weight is 588 g/mol. The van der Waals surface area contributed by atoms with E-state index >= 15 is 0 Å². The van der Waals surface area contributed by atoms with Gasteiger partial charge in [-0.2, -0.15) is 0 Å². The van der Waals surface area contributed by atoms with Crippen molar-refractivity contribution < 1.29 is 14.7 Å². The number of hydrogen-bond acceptors (Lipinski definition) is 4. The van der Waals surface area contributed by atoms with Crippen molar-refractivity contribution in [2.45, 2.75) is 63.3 Å². The van der Waals surface area contributed by atoms with E-state index < -0.39 is 11.5 Å². The largest absolute Gasteiger partial charge is 0.478 e. The number of fused-ring (bicyclic) bond motifs is 2. The summed E-state index contributed by atoms with van der Waals surface area (Å²) in [6.45, 7) is 1.59. The van der Waals surface area contributed by atoms with Gasteiger partial charge in [0.05, 0.1) is 22.3 Å². The molecule has 224 valence electrons. The lowest BCUT2D eigenvalue weighted by Crippen LogP contribution is -2.52. The van der Waals surface area contributed by atoms with Crippen LogP contribution in [0.5, 0.6) is 0 Å². The van der Waals surface area contributed by atoms with Crippen LogP contribution in [0.1, 0.15) is 85.1 Å². The van der Waals surface area contributed by atoms with Gasteiger partial charge in [0, 0.05) is 54.1 Å². The molecule has 0 saturated heterocycles. The summed E-state index contributed by atoms with van der Waals surface area (Å²) in [5.74, 6) is 0.286. The Bertz CT molecular complexity index is 1960. The molecule has 0 atom stereocenters. The fraction of sp³-hybridized carbons (Fsp3) is 0.333. The van der Waals surface area contributed by atoms with Crippen LogP contribution in [0.2, 0.25) is 0 Å². The number of carboxylic acids is 1. The maximum Gasteiger partial charge on any atom is 0.331 e. The number of hydrogen-bond donors (Lipinski definition) is 2. The summed E-state index contributed by atoms with van der Waals surface area (Å²) < 4.78 is 4.27. The number of benzene rings is 2. The molecule has 8 heteroatoms. The third kappa shape index (κ3) is 4.60. The van der Waals surface area contributed by atoms with Crippen LogP contribution in [0.15, 0.2) is 66.5 Å². The van der Waals surface area contributed by atoms with Gasteiger partial charge in [0.15, 0.2) is 0 Å². The molecule has 2 aliphatic rings. The van der Waals surface area contributed by atoms with E-state index in [4.69, 9.17) is 4.98 Å². The predicted octanol–water partition coefficient (Wildman–Crippen LogP) is 7.08. The van der Waals surface area contributed by atoms with Crippen LogP contribution in [0.25, 0.3) is 39.3 Å². The molecule has 0 radical (unpaired) electrons. The number of nitrogens with one attached hydrogen (secondary N) is 1. The maximum atomic E-state index is 13.9. The van der Waals surface area contributed by atoms with Crippen LogP contribution in [-0.2, 0) is 24.4 Å². The van der Waals surface area contributed by atoms with Crippen LogP contribution in [0.4, 0.5) is 0 Å². The standard InChI is InChI=1S/C36H37N5O3/c1-22(34(43)44)18-23-11-14-28-30(19-23)41(3)35(38-28)36(15-7-16-36)39-33(42)25-12-13-27-29(20-25)40(2)32(26-10-6-17-37-21-26)31(27)24-8-4-5-9-24/h6,10-14,17-21,24H,4-5,7-9,15-16H2,1-3H3,(H,39,42)(H,43,44). The van der Waals surface area contributed by atoms with Crippen LogP contribution >= 0.6 is 0 Å². The van der Waals surface area contributed by atoms with Gasteiger partial charge in [-0.15, -0.1) is 0 Å². The zero-order valence-electron chi connectivity index (χ0n) is 25.4. The summed E-state index contributed by atoms with van der Waals surface area (Å²) in [5, 5.41) is 13.9. The Balaban J connectivity index is 1.24.